The summed E-state index contributed by atoms with van der Waals surface area (Å²) in [4.78, 5) is 28.9. The van der Waals surface area contributed by atoms with Crippen molar-refractivity contribution in [1.82, 2.24) is 10.2 Å². The van der Waals surface area contributed by atoms with E-state index in [0.717, 1.165) is 24.4 Å². The largest absolute Gasteiger partial charge is 0.469 e. The zero-order valence-electron chi connectivity index (χ0n) is 17.3. The van der Waals surface area contributed by atoms with Crippen LogP contribution in [0.25, 0.3) is 0 Å². The van der Waals surface area contributed by atoms with E-state index in [1.807, 2.05) is 60.7 Å². The van der Waals surface area contributed by atoms with E-state index in [1.54, 1.807) is 6.26 Å². The highest BCUT2D eigenvalue weighted by molar-refractivity contribution is 6.05. The van der Waals surface area contributed by atoms with E-state index in [-0.39, 0.29) is 29.4 Å². The average molecular weight is 415 g/mol. The van der Waals surface area contributed by atoms with Crippen LogP contribution in [0.1, 0.15) is 28.7 Å². The van der Waals surface area contributed by atoms with Crippen molar-refractivity contribution in [3.8, 4) is 0 Å². The molecule has 2 aromatic carbocycles. The van der Waals surface area contributed by atoms with Crippen LogP contribution in [0.4, 0.5) is 0 Å². The van der Waals surface area contributed by atoms with Crippen molar-refractivity contribution in [3.63, 3.8) is 0 Å². The summed E-state index contributed by atoms with van der Waals surface area (Å²) >= 11 is 0. The number of likely N-dealkylation sites (tertiary alicyclic amines) is 1. The molecule has 0 radical (unpaired) electrons. The zero-order chi connectivity index (χ0) is 21.2. The number of benzene rings is 2. The molecular weight excluding hydrogens is 388 g/mol. The molecule has 2 aliphatic heterocycles. The molecule has 1 amide bonds. The van der Waals surface area contributed by atoms with Crippen molar-refractivity contribution < 1.29 is 14.0 Å². The van der Waals surface area contributed by atoms with Gasteiger partial charge in [0.05, 0.1) is 6.26 Å². The summed E-state index contributed by atoms with van der Waals surface area (Å²) in [6.45, 7) is 2.65. The van der Waals surface area contributed by atoms with Gasteiger partial charge in [0.15, 0.2) is 5.78 Å². The molecule has 3 heterocycles. The third-order valence-electron chi connectivity index (χ3n) is 6.63. The van der Waals surface area contributed by atoms with Gasteiger partial charge in [0.25, 0.3) is 0 Å². The molecule has 5 nitrogen and oxygen atoms in total. The maximum Gasteiger partial charge on any atom is 0.231 e. The van der Waals surface area contributed by atoms with E-state index < -0.39 is 5.92 Å². The van der Waals surface area contributed by atoms with E-state index in [0.29, 0.717) is 13.1 Å². The van der Waals surface area contributed by atoms with Gasteiger partial charge in [0, 0.05) is 43.9 Å². The number of hydrogen-bond acceptors (Lipinski definition) is 4. The SMILES string of the molecule is O=C1NC[C@H](c2ccccc2)[C@H]1C(=O)[C@H]1CN(Cc2ccccc2)C[C@@H]1c1ccco1. The van der Waals surface area contributed by atoms with Crippen molar-refractivity contribution >= 4 is 11.7 Å². The zero-order valence-corrected chi connectivity index (χ0v) is 17.3. The molecule has 2 aliphatic rings. The molecule has 0 bridgehead atoms. The molecule has 5 heteroatoms. The van der Waals surface area contributed by atoms with Gasteiger partial charge < -0.3 is 9.73 Å². The maximum absolute atomic E-state index is 13.8. The van der Waals surface area contributed by atoms with Crippen LogP contribution >= 0.6 is 0 Å². The third-order valence-corrected chi connectivity index (χ3v) is 6.63. The first-order chi connectivity index (χ1) is 15.2. The van der Waals surface area contributed by atoms with E-state index in [9.17, 15) is 9.59 Å². The lowest BCUT2D eigenvalue weighted by atomic mass is 9.78. The Morgan fingerprint density at radius 3 is 2.39 bits per heavy atom. The Kier molecular flexibility index (Phi) is 5.43. The van der Waals surface area contributed by atoms with E-state index in [1.165, 1.54) is 5.56 Å². The van der Waals surface area contributed by atoms with Crippen molar-refractivity contribution in [2.24, 2.45) is 11.8 Å². The molecule has 0 unspecified atom stereocenters. The number of amides is 1. The fourth-order valence-corrected chi connectivity index (χ4v) is 5.12. The van der Waals surface area contributed by atoms with E-state index in [2.05, 4.69) is 22.3 Å². The second-order valence-corrected chi connectivity index (χ2v) is 8.55. The fourth-order valence-electron chi connectivity index (χ4n) is 5.12. The number of rotatable bonds is 6. The topological polar surface area (TPSA) is 62.6 Å². The first-order valence-electron chi connectivity index (χ1n) is 10.9. The molecule has 4 atom stereocenters. The van der Waals surface area contributed by atoms with Gasteiger partial charge in [-0.1, -0.05) is 60.7 Å². The summed E-state index contributed by atoms with van der Waals surface area (Å²) in [6.07, 6.45) is 1.66. The Labute approximate surface area is 182 Å². The second-order valence-electron chi connectivity index (χ2n) is 8.55. The predicted octanol–water partition coefficient (Wildman–Crippen LogP) is 3.59. The normalized spacial score (nSPS) is 26.1. The number of ketones is 1. The summed E-state index contributed by atoms with van der Waals surface area (Å²) in [6, 6.07) is 24.0. The number of furan rings is 1. The summed E-state index contributed by atoms with van der Waals surface area (Å²) in [5.41, 5.74) is 2.25. The van der Waals surface area contributed by atoms with Gasteiger partial charge in [-0.2, -0.15) is 0 Å². The number of Topliss-reactive ketones (excluding diaryl/α,β-unsaturated/α-hetero) is 1. The molecule has 2 saturated heterocycles. The Morgan fingerprint density at radius 2 is 1.68 bits per heavy atom. The molecule has 0 spiro atoms. The smallest absolute Gasteiger partial charge is 0.231 e. The average Bonchev–Trinajstić information content (AvgIpc) is 3.54. The van der Waals surface area contributed by atoms with E-state index in [4.69, 9.17) is 4.42 Å². The molecule has 158 valence electrons. The van der Waals surface area contributed by atoms with Gasteiger partial charge in [-0.05, 0) is 23.3 Å². The van der Waals surface area contributed by atoms with Crippen LogP contribution in [0.2, 0.25) is 0 Å². The summed E-state index contributed by atoms with van der Waals surface area (Å²) in [5, 5.41) is 2.93. The van der Waals surface area contributed by atoms with Crippen molar-refractivity contribution in [2.45, 2.75) is 18.4 Å². The quantitative estimate of drug-likeness (QED) is 0.626. The standard InChI is InChI=1S/C26H26N2O3/c29-25(24-20(14-27-26(24)30)19-10-5-2-6-11-19)22-17-28(15-18-8-3-1-4-9-18)16-21(22)23-12-7-13-31-23/h1-13,20-22,24H,14-17H2,(H,27,30)/t20-,21+,22+,24+/m1/s1. The minimum absolute atomic E-state index is 0.0285. The van der Waals surface area contributed by atoms with Gasteiger partial charge in [-0.25, -0.2) is 0 Å². The first-order valence-corrected chi connectivity index (χ1v) is 10.9. The van der Waals surface area contributed by atoms with Crippen LogP contribution in [-0.2, 0) is 16.1 Å². The highest BCUT2D eigenvalue weighted by atomic mass is 16.3. The summed E-state index contributed by atoms with van der Waals surface area (Å²) in [7, 11) is 0. The monoisotopic (exact) mass is 414 g/mol. The first kappa shape index (κ1) is 19.8. The number of nitrogens with zero attached hydrogens (tertiary/aromatic N) is 1. The second kappa shape index (κ2) is 8.52. The fraction of sp³-hybridized carbons (Fsp3) is 0.308. The Morgan fingerprint density at radius 1 is 0.935 bits per heavy atom. The summed E-state index contributed by atoms with van der Waals surface area (Å²) < 4.78 is 5.72. The van der Waals surface area contributed by atoms with Gasteiger partial charge >= 0.3 is 0 Å². The van der Waals surface area contributed by atoms with Gasteiger partial charge in [0.1, 0.15) is 11.7 Å². The maximum atomic E-state index is 13.8. The van der Waals surface area contributed by atoms with Crippen LogP contribution in [0.15, 0.2) is 83.5 Å². The number of hydrogen-bond donors (Lipinski definition) is 1. The number of carbonyl (C=O) groups excluding carboxylic acids is 2. The van der Waals surface area contributed by atoms with Crippen molar-refractivity contribution in [3.05, 3.63) is 95.9 Å². The highest BCUT2D eigenvalue weighted by Gasteiger charge is 2.48. The lowest BCUT2D eigenvalue weighted by Crippen LogP contribution is -2.35. The molecule has 5 rings (SSSR count). The van der Waals surface area contributed by atoms with Gasteiger partial charge in [-0.3, -0.25) is 14.5 Å². The molecule has 1 N–H and O–H groups in total. The third kappa shape index (κ3) is 3.93. The van der Waals surface area contributed by atoms with Crippen LogP contribution in [0, 0.1) is 11.8 Å². The van der Waals surface area contributed by atoms with Crippen LogP contribution in [-0.4, -0.2) is 36.2 Å². The molecule has 2 fully saturated rings. The predicted molar refractivity (Wildman–Crippen MR) is 117 cm³/mol. The van der Waals surface area contributed by atoms with Crippen molar-refractivity contribution in [1.29, 1.82) is 0 Å². The Hall–Kier alpha value is -3.18. The van der Waals surface area contributed by atoms with Crippen LogP contribution in [0.5, 0.6) is 0 Å². The van der Waals surface area contributed by atoms with Crippen LogP contribution in [0.3, 0.4) is 0 Å². The van der Waals surface area contributed by atoms with E-state index >= 15 is 0 Å². The van der Waals surface area contributed by atoms with Gasteiger partial charge in [0.2, 0.25) is 5.91 Å². The molecule has 1 aromatic heterocycles. The van der Waals surface area contributed by atoms with Crippen molar-refractivity contribution in [2.75, 3.05) is 19.6 Å². The Balaban J connectivity index is 1.41. The lowest BCUT2D eigenvalue weighted by molar-refractivity contribution is -0.134. The number of nitrogens with one attached hydrogen (secondary N) is 1. The minimum atomic E-state index is -0.651. The Bertz CT molecular complexity index is 1030. The minimum Gasteiger partial charge on any atom is -0.469 e. The number of carbonyl (C=O) groups is 2. The van der Waals surface area contributed by atoms with Gasteiger partial charge in [-0.15, -0.1) is 0 Å². The highest BCUT2D eigenvalue weighted by Crippen LogP contribution is 2.39. The molecule has 0 saturated carbocycles. The molecular formula is C26H26N2O3. The molecule has 31 heavy (non-hydrogen) atoms. The van der Waals surface area contributed by atoms with Crippen LogP contribution < -0.4 is 5.32 Å². The molecule has 3 aromatic rings. The lowest BCUT2D eigenvalue weighted by Gasteiger charge is -2.22. The summed E-state index contributed by atoms with van der Waals surface area (Å²) in [5.74, 6) is -0.392. The molecule has 0 aliphatic carbocycles.